The van der Waals surface area contributed by atoms with Gasteiger partial charge in [0.2, 0.25) is 0 Å². The van der Waals surface area contributed by atoms with Gasteiger partial charge in [-0.1, -0.05) is 80.0 Å². The van der Waals surface area contributed by atoms with Gasteiger partial charge in [0.15, 0.2) is 0 Å². The second kappa shape index (κ2) is 7.28. The molecule has 2 aromatic carbocycles. The fourth-order valence-corrected chi connectivity index (χ4v) is 5.69. The topological polar surface area (TPSA) is 0 Å². The van der Waals surface area contributed by atoms with Gasteiger partial charge < -0.3 is 0 Å². The van der Waals surface area contributed by atoms with E-state index in [9.17, 15) is 0 Å². The molecule has 0 aliphatic rings. The highest BCUT2D eigenvalue weighted by Crippen LogP contribution is 2.21. The van der Waals surface area contributed by atoms with Crippen molar-refractivity contribution in [3.63, 3.8) is 0 Å². The molecular formula is C19H25ClSi. The van der Waals surface area contributed by atoms with Crippen molar-refractivity contribution >= 4 is 31.5 Å². The van der Waals surface area contributed by atoms with Crippen LogP contribution in [-0.2, 0) is 12.8 Å². The molecule has 0 aliphatic carbocycles. The molecule has 112 valence electrons. The lowest BCUT2D eigenvalue weighted by molar-refractivity contribution is 0.873. The van der Waals surface area contributed by atoms with Crippen LogP contribution in [0.1, 0.15) is 50.3 Å². The average molecular weight is 317 g/mol. The van der Waals surface area contributed by atoms with E-state index in [1.807, 2.05) is 6.07 Å². The molecule has 2 heteroatoms. The van der Waals surface area contributed by atoms with E-state index >= 15 is 0 Å². The minimum Gasteiger partial charge on any atom is -0.0840 e. The van der Waals surface area contributed by atoms with Crippen LogP contribution in [0.5, 0.6) is 0 Å². The Morgan fingerprint density at radius 3 is 2.14 bits per heavy atom. The van der Waals surface area contributed by atoms with Crippen LogP contribution in [0.3, 0.4) is 0 Å². The van der Waals surface area contributed by atoms with Crippen LogP contribution in [0.2, 0.25) is 5.02 Å². The van der Waals surface area contributed by atoms with Gasteiger partial charge in [0, 0.05) is 5.02 Å². The Morgan fingerprint density at radius 2 is 1.62 bits per heavy atom. The first-order valence-corrected chi connectivity index (χ1v) is 9.73. The first-order chi connectivity index (χ1) is 10.0. The van der Waals surface area contributed by atoms with E-state index < -0.39 is 9.52 Å². The average Bonchev–Trinajstić information content (AvgIpc) is 2.46. The van der Waals surface area contributed by atoms with E-state index in [0.717, 1.165) is 17.9 Å². The molecule has 0 heterocycles. The number of benzene rings is 2. The summed E-state index contributed by atoms with van der Waals surface area (Å²) in [6.07, 6.45) is 2.23. The lowest BCUT2D eigenvalue weighted by atomic mass is 10.0. The SMILES string of the molecule is CCc1cc(CC)cc([SiH2]c2cccc(Cl)c2C(C)C)c1. The Kier molecular flexibility index (Phi) is 5.66. The second-order valence-electron chi connectivity index (χ2n) is 6.01. The molecule has 0 aliphatic heterocycles. The van der Waals surface area contributed by atoms with Gasteiger partial charge in [0.1, 0.15) is 0 Å². The molecule has 0 saturated heterocycles. The number of hydrogen-bond acceptors (Lipinski definition) is 0. The number of halogens is 1. The van der Waals surface area contributed by atoms with Crippen LogP contribution >= 0.6 is 11.6 Å². The molecule has 0 saturated carbocycles. The van der Waals surface area contributed by atoms with Gasteiger partial charge in [-0.15, -0.1) is 0 Å². The van der Waals surface area contributed by atoms with Gasteiger partial charge in [0.25, 0.3) is 0 Å². The summed E-state index contributed by atoms with van der Waals surface area (Å²) in [6.45, 7) is 8.94. The zero-order valence-corrected chi connectivity index (χ0v) is 15.7. The molecule has 0 aromatic heterocycles. The van der Waals surface area contributed by atoms with Crippen LogP contribution in [-0.4, -0.2) is 9.52 Å². The van der Waals surface area contributed by atoms with Crippen LogP contribution in [0.15, 0.2) is 36.4 Å². The predicted octanol–water partition coefficient (Wildman–Crippen LogP) is 3.71. The Bertz CT molecular complexity index is 595. The number of hydrogen-bond donors (Lipinski definition) is 0. The Labute approximate surface area is 136 Å². The van der Waals surface area contributed by atoms with Crippen LogP contribution in [0, 0.1) is 0 Å². The van der Waals surface area contributed by atoms with E-state index in [1.54, 1.807) is 0 Å². The maximum absolute atomic E-state index is 6.43. The third-order valence-electron chi connectivity index (χ3n) is 4.04. The fourth-order valence-electron chi connectivity index (χ4n) is 2.95. The fraction of sp³-hybridized carbons (Fsp3) is 0.368. The molecule has 0 spiro atoms. The summed E-state index contributed by atoms with van der Waals surface area (Å²) >= 11 is 6.43. The van der Waals surface area contributed by atoms with Gasteiger partial charge in [-0.25, -0.2) is 0 Å². The van der Waals surface area contributed by atoms with Crippen LogP contribution < -0.4 is 10.4 Å². The monoisotopic (exact) mass is 316 g/mol. The molecule has 0 radical (unpaired) electrons. The Morgan fingerprint density at radius 1 is 1.00 bits per heavy atom. The Hall–Kier alpha value is -1.05. The van der Waals surface area contributed by atoms with Crippen molar-refractivity contribution in [1.82, 2.24) is 0 Å². The summed E-state index contributed by atoms with van der Waals surface area (Å²) in [6, 6.07) is 13.5. The maximum Gasteiger partial charge on any atom is 0.0879 e. The summed E-state index contributed by atoms with van der Waals surface area (Å²) in [5.41, 5.74) is 4.28. The van der Waals surface area contributed by atoms with Crippen molar-refractivity contribution < 1.29 is 0 Å². The Balaban J connectivity index is 2.40. The zero-order chi connectivity index (χ0) is 15.4. The van der Waals surface area contributed by atoms with Crippen molar-refractivity contribution in [2.45, 2.75) is 46.5 Å². The third-order valence-corrected chi connectivity index (χ3v) is 6.19. The van der Waals surface area contributed by atoms with Crippen molar-refractivity contribution in [1.29, 1.82) is 0 Å². The lowest BCUT2D eigenvalue weighted by Gasteiger charge is -2.15. The van der Waals surface area contributed by atoms with Gasteiger partial charge >= 0.3 is 0 Å². The number of rotatable bonds is 5. The van der Waals surface area contributed by atoms with E-state index in [0.29, 0.717) is 5.92 Å². The first kappa shape index (κ1) is 16.3. The van der Waals surface area contributed by atoms with E-state index in [4.69, 9.17) is 11.6 Å². The third kappa shape index (κ3) is 3.99. The van der Waals surface area contributed by atoms with Crippen LogP contribution in [0.4, 0.5) is 0 Å². The summed E-state index contributed by atoms with van der Waals surface area (Å²) < 4.78 is 0. The lowest BCUT2D eigenvalue weighted by Crippen LogP contribution is -2.31. The highest BCUT2D eigenvalue weighted by atomic mass is 35.5. The molecule has 2 aromatic rings. The van der Waals surface area contributed by atoms with Crippen LogP contribution in [0.25, 0.3) is 0 Å². The van der Waals surface area contributed by atoms with Gasteiger partial charge in [0.05, 0.1) is 9.52 Å². The molecular weight excluding hydrogens is 292 g/mol. The van der Waals surface area contributed by atoms with Crippen molar-refractivity contribution in [2.24, 2.45) is 0 Å². The first-order valence-electron chi connectivity index (χ1n) is 7.94. The molecule has 0 unspecified atom stereocenters. The summed E-state index contributed by atoms with van der Waals surface area (Å²) in [5.74, 6) is 0.487. The van der Waals surface area contributed by atoms with Crippen molar-refractivity contribution in [3.8, 4) is 0 Å². The maximum atomic E-state index is 6.43. The van der Waals surface area contributed by atoms with Gasteiger partial charge in [-0.3, -0.25) is 0 Å². The molecule has 0 nitrogen and oxygen atoms in total. The number of aryl methyl sites for hydroxylation is 2. The molecule has 0 N–H and O–H groups in total. The van der Waals surface area contributed by atoms with Gasteiger partial charge in [-0.2, -0.15) is 0 Å². The molecule has 0 amide bonds. The summed E-state index contributed by atoms with van der Waals surface area (Å²) in [7, 11) is -0.473. The minimum atomic E-state index is -0.473. The molecule has 0 atom stereocenters. The van der Waals surface area contributed by atoms with E-state index in [2.05, 4.69) is 58.0 Å². The van der Waals surface area contributed by atoms with Crippen molar-refractivity contribution in [2.75, 3.05) is 0 Å². The van der Waals surface area contributed by atoms with Gasteiger partial charge in [-0.05, 0) is 41.5 Å². The second-order valence-corrected chi connectivity index (χ2v) is 8.35. The largest absolute Gasteiger partial charge is 0.0879 e. The smallest absolute Gasteiger partial charge is 0.0840 e. The van der Waals surface area contributed by atoms with Crippen molar-refractivity contribution in [3.05, 3.63) is 58.1 Å². The molecule has 0 bridgehead atoms. The van der Waals surface area contributed by atoms with E-state index in [1.165, 1.54) is 27.1 Å². The summed E-state index contributed by atoms with van der Waals surface area (Å²) in [4.78, 5) is 0. The zero-order valence-electron chi connectivity index (χ0n) is 13.5. The van der Waals surface area contributed by atoms with E-state index in [-0.39, 0.29) is 0 Å². The molecule has 21 heavy (non-hydrogen) atoms. The standard InChI is InChI=1S/C19H25ClSi/c1-5-14-10-15(6-2)12-16(11-14)21-18-9-7-8-17(20)19(18)13(3)4/h7-13H,5-6,21H2,1-4H3. The normalized spacial score (nSPS) is 11.7. The highest BCUT2D eigenvalue weighted by molar-refractivity contribution is 6.68. The quantitative estimate of drug-likeness (QED) is 0.738. The predicted molar refractivity (Wildman–Crippen MR) is 98.6 cm³/mol. The minimum absolute atomic E-state index is 0.473. The molecule has 2 rings (SSSR count). The summed E-state index contributed by atoms with van der Waals surface area (Å²) in [5, 5.41) is 3.96. The molecule has 0 fully saturated rings. The highest BCUT2D eigenvalue weighted by Gasteiger charge is 2.12.